The van der Waals surface area contributed by atoms with Crippen molar-refractivity contribution < 1.29 is 5.11 Å². The fraction of sp³-hybridized carbons (Fsp3) is 0.600. The van der Waals surface area contributed by atoms with Gasteiger partial charge < -0.3 is 15.3 Å². The van der Waals surface area contributed by atoms with Crippen molar-refractivity contribution in [2.75, 3.05) is 26.7 Å². The summed E-state index contributed by atoms with van der Waals surface area (Å²) in [7, 11) is 2.19. The SMILES string of the molecule is Cc1cccc(CNCC2CCCN(C)C2)c1O. The van der Waals surface area contributed by atoms with E-state index in [0.717, 1.165) is 30.1 Å². The van der Waals surface area contributed by atoms with Gasteiger partial charge in [-0.2, -0.15) is 0 Å². The van der Waals surface area contributed by atoms with Gasteiger partial charge in [0, 0.05) is 18.7 Å². The van der Waals surface area contributed by atoms with Gasteiger partial charge in [0.05, 0.1) is 0 Å². The van der Waals surface area contributed by atoms with E-state index in [4.69, 9.17) is 0 Å². The lowest BCUT2D eigenvalue weighted by atomic mass is 9.98. The molecular weight excluding hydrogens is 224 g/mol. The second-order valence-electron chi connectivity index (χ2n) is 5.48. The molecule has 0 radical (unpaired) electrons. The molecule has 1 unspecified atom stereocenters. The number of aromatic hydroxyl groups is 1. The molecule has 0 saturated carbocycles. The minimum Gasteiger partial charge on any atom is -0.507 e. The molecule has 1 aromatic carbocycles. The van der Waals surface area contributed by atoms with Crippen LogP contribution in [0.3, 0.4) is 0 Å². The van der Waals surface area contributed by atoms with E-state index in [1.807, 2.05) is 25.1 Å². The second kappa shape index (κ2) is 6.21. The number of para-hydroxylation sites is 1. The van der Waals surface area contributed by atoms with Gasteiger partial charge in [-0.15, -0.1) is 0 Å². The minimum absolute atomic E-state index is 0.436. The maximum Gasteiger partial charge on any atom is 0.122 e. The van der Waals surface area contributed by atoms with Gasteiger partial charge >= 0.3 is 0 Å². The highest BCUT2D eigenvalue weighted by Crippen LogP contribution is 2.21. The van der Waals surface area contributed by atoms with Crippen LogP contribution < -0.4 is 5.32 Å². The zero-order valence-corrected chi connectivity index (χ0v) is 11.4. The molecule has 1 heterocycles. The summed E-state index contributed by atoms with van der Waals surface area (Å²) >= 11 is 0. The van der Waals surface area contributed by atoms with Gasteiger partial charge in [0.2, 0.25) is 0 Å². The third kappa shape index (κ3) is 3.47. The Morgan fingerprint density at radius 3 is 3.06 bits per heavy atom. The molecule has 1 saturated heterocycles. The van der Waals surface area contributed by atoms with Crippen LogP contribution >= 0.6 is 0 Å². The molecular formula is C15H24N2O. The zero-order valence-electron chi connectivity index (χ0n) is 11.4. The molecule has 1 aromatic rings. The number of phenols is 1. The molecule has 0 aromatic heterocycles. The van der Waals surface area contributed by atoms with Crippen molar-refractivity contribution >= 4 is 0 Å². The van der Waals surface area contributed by atoms with Crippen LogP contribution in [0, 0.1) is 12.8 Å². The Kier molecular flexibility index (Phi) is 4.61. The van der Waals surface area contributed by atoms with Crippen molar-refractivity contribution in [3.63, 3.8) is 0 Å². The number of nitrogens with zero attached hydrogens (tertiary/aromatic N) is 1. The van der Waals surface area contributed by atoms with Gasteiger partial charge in [-0.25, -0.2) is 0 Å². The Labute approximate surface area is 110 Å². The number of likely N-dealkylation sites (tertiary alicyclic amines) is 1. The van der Waals surface area contributed by atoms with Crippen molar-refractivity contribution in [1.29, 1.82) is 0 Å². The van der Waals surface area contributed by atoms with Crippen LogP contribution in [0.5, 0.6) is 5.75 Å². The Hall–Kier alpha value is -1.06. The Morgan fingerprint density at radius 2 is 2.28 bits per heavy atom. The predicted molar refractivity (Wildman–Crippen MR) is 74.8 cm³/mol. The lowest BCUT2D eigenvalue weighted by Gasteiger charge is -2.29. The van der Waals surface area contributed by atoms with Crippen molar-refractivity contribution in [3.05, 3.63) is 29.3 Å². The summed E-state index contributed by atoms with van der Waals surface area (Å²) < 4.78 is 0. The topological polar surface area (TPSA) is 35.5 Å². The lowest BCUT2D eigenvalue weighted by molar-refractivity contribution is 0.206. The standard InChI is InChI=1S/C15H24N2O/c1-12-5-3-7-14(15(12)18)10-16-9-13-6-4-8-17(2)11-13/h3,5,7,13,16,18H,4,6,8-11H2,1-2H3. The van der Waals surface area contributed by atoms with Gasteiger partial charge in [0.1, 0.15) is 5.75 Å². The maximum atomic E-state index is 9.93. The lowest BCUT2D eigenvalue weighted by Crippen LogP contribution is -2.37. The van der Waals surface area contributed by atoms with Crippen LogP contribution in [0.15, 0.2) is 18.2 Å². The van der Waals surface area contributed by atoms with Crippen LogP contribution in [0.1, 0.15) is 24.0 Å². The van der Waals surface area contributed by atoms with E-state index in [1.54, 1.807) is 0 Å². The van der Waals surface area contributed by atoms with Crippen LogP contribution in [-0.2, 0) is 6.54 Å². The smallest absolute Gasteiger partial charge is 0.122 e. The molecule has 0 bridgehead atoms. The number of aryl methyl sites for hydroxylation is 1. The van der Waals surface area contributed by atoms with E-state index in [1.165, 1.54) is 25.9 Å². The molecule has 1 aliphatic heterocycles. The molecule has 2 N–H and O–H groups in total. The normalized spacial score (nSPS) is 21.1. The van der Waals surface area contributed by atoms with E-state index in [-0.39, 0.29) is 0 Å². The first-order valence-corrected chi connectivity index (χ1v) is 6.83. The van der Waals surface area contributed by atoms with E-state index in [9.17, 15) is 5.11 Å². The maximum absolute atomic E-state index is 9.93. The summed E-state index contributed by atoms with van der Waals surface area (Å²) in [5.41, 5.74) is 1.95. The van der Waals surface area contributed by atoms with Crippen LogP contribution in [-0.4, -0.2) is 36.7 Å². The molecule has 0 amide bonds. The molecule has 18 heavy (non-hydrogen) atoms. The number of nitrogens with one attached hydrogen (secondary N) is 1. The van der Waals surface area contributed by atoms with Crippen molar-refractivity contribution in [3.8, 4) is 5.75 Å². The number of hydrogen-bond donors (Lipinski definition) is 2. The molecule has 0 aliphatic carbocycles. The Morgan fingerprint density at radius 1 is 1.44 bits per heavy atom. The van der Waals surface area contributed by atoms with Gasteiger partial charge in [-0.05, 0) is 51.4 Å². The van der Waals surface area contributed by atoms with E-state index < -0.39 is 0 Å². The third-order valence-corrected chi connectivity index (χ3v) is 3.79. The predicted octanol–water partition coefficient (Wildman–Crippen LogP) is 2.13. The summed E-state index contributed by atoms with van der Waals surface area (Å²) in [6, 6.07) is 5.93. The van der Waals surface area contributed by atoms with Crippen molar-refractivity contribution in [2.45, 2.75) is 26.3 Å². The highest BCUT2D eigenvalue weighted by Gasteiger charge is 2.16. The van der Waals surface area contributed by atoms with E-state index in [2.05, 4.69) is 17.3 Å². The summed E-state index contributed by atoms with van der Waals surface area (Å²) in [5.74, 6) is 1.18. The summed E-state index contributed by atoms with van der Waals surface area (Å²) in [4.78, 5) is 2.40. The highest BCUT2D eigenvalue weighted by molar-refractivity contribution is 5.39. The van der Waals surface area contributed by atoms with E-state index in [0.29, 0.717) is 5.75 Å². The quantitative estimate of drug-likeness (QED) is 0.857. The van der Waals surface area contributed by atoms with Crippen LogP contribution in [0.2, 0.25) is 0 Å². The molecule has 0 spiro atoms. The molecule has 100 valence electrons. The average molecular weight is 248 g/mol. The van der Waals surface area contributed by atoms with Gasteiger partial charge in [-0.3, -0.25) is 0 Å². The Balaban J connectivity index is 1.79. The summed E-state index contributed by atoms with van der Waals surface area (Å²) in [5, 5.41) is 13.4. The molecule has 1 atom stereocenters. The number of rotatable bonds is 4. The van der Waals surface area contributed by atoms with Crippen LogP contribution in [0.25, 0.3) is 0 Å². The van der Waals surface area contributed by atoms with Gasteiger partial charge in [0.15, 0.2) is 0 Å². The zero-order chi connectivity index (χ0) is 13.0. The number of piperidine rings is 1. The number of benzene rings is 1. The third-order valence-electron chi connectivity index (χ3n) is 3.79. The number of hydrogen-bond acceptors (Lipinski definition) is 3. The minimum atomic E-state index is 0.436. The second-order valence-corrected chi connectivity index (χ2v) is 5.48. The van der Waals surface area contributed by atoms with Gasteiger partial charge in [-0.1, -0.05) is 18.2 Å². The fourth-order valence-electron chi connectivity index (χ4n) is 2.71. The number of phenolic OH excluding ortho intramolecular Hbond substituents is 1. The fourth-order valence-corrected chi connectivity index (χ4v) is 2.71. The average Bonchev–Trinajstić information content (AvgIpc) is 2.35. The van der Waals surface area contributed by atoms with Crippen LogP contribution in [0.4, 0.5) is 0 Å². The highest BCUT2D eigenvalue weighted by atomic mass is 16.3. The van der Waals surface area contributed by atoms with E-state index >= 15 is 0 Å². The first-order valence-electron chi connectivity index (χ1n) is 6.83. The molecule has 3 nitrogen and oxygen atoms in total. The molecule has 1 fully saturated rings. The van der Waals surface area contributed by atoms with Gasteiger partial charge in [0.25, 0.3) is 0 Å². The molecule has 2 rings (SSSR count). The first-order chi connectivity index (χ1) is 8.66. The summed E-state index contributed by atoms with van der Waals surface area (Å²) in [6.45, 7) is 6.16. The monoisotopic (exact) mass is 248 g/mol. The Bertz CT molecular complexity index is 392. The summed E-state index contributed by atoms with van der Waals surface area (Å²) in [6.07, 6.45) is 2.62. The van der Waals surface area contributed by atoms with Crippen molar-refractivity contribution in [1.82, 2.24) is 10.2 Å². The first kappa shape index (κ1) is 13.4. The van der Waals surface area contributed by atoms with Crippen molar-refractivity contribution in [2.24, 2.45) is 5.92 Å². The molecule has 3 heteroatoms. The largest absolute Gasteiger partial charge is 0.507 e. The molecule has 1 aliphatic rings.